The number of hydrogen-bond donors (Lipinski definition) is 2. The van der Waals surface area contributed by atoms with E-state index in [-0.39, 0.29) is 23.3 Å². The zero-order valence-corrected chi connectivity index (χ0v) is 27.0. The van der Waals surface area contributed by atoms with Crippen molar-refractivity contribution in [2.45, 2.75) is 105 Å². The third-order valence-electron chi connectivity index (χ3n) is 8.90. The Labute approximate surface area is 253 Å². The number of aliphatic imine (C=N–C) groups is 2. The molecule has 2 N–H and O–H groups in total. The van der Waals surface area contributed by atoms with E-state index < -0.39 is 0 Å². The molecule has 42 heavy (non-hydrogen) atoms. The lowest BCUT2D eigenvalue weighted by atomic mass is 9.89. The Morgan fingerprint density at radius 1 is 0.619 bits per heavy atom. The summed E-state index contributed by atoms with van der Waals surface area (Å²) in [5.41, 5.74) is 6.96. The molecule has 0 saturated carbocycles. The molecule has 0 heterocycles. The monoisotopic (exact) mass is 570 g/mol. The van der Waals surface area contributed by atoms with Gasteiger partial charge in [-0.1, -0.05) is 67.5 Å². The smallest absolute Gasteiger partial charge is 0.127 e. The molecule has 5 heteroatoms. The largest absolute Gasteiger partial charge is 0.507 e. The number of aromatic hydroxyl groups is 2. The first kappa shape index (κ1) is 32.9. The Morgan fingerprint density at radius 3 is 1.45 bits per heavy atom. The Bertz CT molecular complexity index is 1410. The van der Waals surface area contributed by atoms with Crippen LogP contribution in [0.2, 0.25) is 0 Å². The zero-order valence-electron chi connectivity index (χ0n) is 27.0. The van der Waals surface area contributed by atoms with Crippen LogP contribution in [0.25, 0.3) is 0 Å². The van der Waals surface area contributed by atoms with Crippen LogP contribution in [-0.2, 0) is 0 Å². The zero-order chi connectivity index (χ0) is 31.0. The number of rotatable bonds is 13. The summed E-state index contributed by atoms with van der Waals surface area (Å²) >= 11 is 0. The summed E-state index contributed by atoms with van der Waals surface area (Å²) in [5.74, 6) is 2.44. The maximum atomic E-state index is 11.2. The number of benzene rings is 3. The highest BCUT2D eigenvalue weighted by atomic mass is 16.5. The molecule has 0 aliphatic heterocycles. The lowest BCUT2D eigenvalue weighted by Gasteiger charge is -2.18. The average Bonchev–Trinajstić information content (AvgIpc) is 3.02. The Morgan fingerprint density at radius 2 is 1.05 bits per heavy atom. The fraction of sp³-hybridized carbons (Fsp3) is 0.459. The molecular formula is C37H50N2O3. The lowest BCUT2D eigenvalue weighted by molar-refractivity contribution is 0.415. The summed E-state index contributed by atoms with van der Waals surface area (Å²) < 4.78 is 5.49. The summed E-state index contributed by atoms with van der Waals surface area (Å²) in [6.45, 7) is 17.3. The van der Waals surface area contributed by atoms with Crippen LogP contribution < -0.4 is 4.74 Å². The molecule has 0 aliphatic carbocycles. The molecule has 0 saturated heterocycles. The van der Waals surface area contributed by atoms with Crippen molar-refractivity contribution in [2.24, 2.45) is 9.98 Å². The number of hydrogen-bond acceptors (Lipinski definition) is 5. The molecule has 3 rings (SSSR count). The summed E-state index contributed by atoms with van der Waals surface area (Å²) in [7, 11) is 1.63. The van der Waals surface area contributed by atoms with Crippen molar-refractivity contribution in [3.63, 3.8) is 0 Å². The molecule has 226 valence electrons. The number of phenols is 2. The number of ether oxygens (including phenoxy) is 1. The topological polar surface area (TPSA) is 74.4 Å². The van der Waals surface area contributed by atoms with Gasteiger partial charge in [0.05, 0.1) is 18.5 Å². The highest BCUT2D eigenvalue weighted by molar-refractivity contribution is 5.90. The van der Waals surface area contributed by atoms with Crippen molar-refractivity contribution < 1.29 is 14.9 Å². The summed E-state index contributed by atoms with van der Waals surface area (Å²) in [6, 6.07) is 13.9. The molecule has 0 radical (unpaired) electrons. The molecule has 5 nitrogen and oxygen atoms in total. The fourth-order valence-electron chi connectivity index (χ4n) is 4.96. The summed E-state index contributed by atoms with van der Waals surface area (Å²) in [5, 5.41) is 22.4. The van der Waals surface area contributed by atoms with Gasteiger partial charge in [-0.05, 0) is 95.9 Å². The van der Waals surface area contributed by atoms with E-state index in [9.17, 15) is 10.2 Å². The van der Waals surface area contributed by atoms with E-state index >= 15 is 0 Å². The molecule has 0 aromatic heterocycles. The van der Waals surface area contributed by atoms with Crippen LogP contribution in [0.15, 0.2) is 52.4 Å². The standard InChI is InChI=1S/C37H50N2O3/c1-10-23(5)27-16-29(36(40)32(18-27)25(7)12-3)21-38-34-15-14-31(42-9)20-35(34)39-22-30-17-28(24(6)11-2)19-33(37(30)41)26(8)13-4/h14-26,40-41H,10-13H2,1-9H3. The quantitative estimate of drug-likeness (QED) is 0.201. The van der Waals surface area contributed by atoms with Gasteiger partial charge < -0.3 is 14.9 Å². The second-order valence-corrected chi connectivity index (χ2v) is 11.7. The van der Waals surface area contributed by atoms with Gasteiger partial charge in [0.2, 0.25) is 0 Å². The molecule has 0 amide bonds. The second-order valence-electron chi connectivity index (χ2n) is 11.7. The van der Waals surface area contributed by atoms with Crippen molar-refractivity contribution in [1.29, 1.82) is 0 Å². The van der Waals surface area contributed by atoms with E-state index in [0.29, 0.717) is 40.1 Å². The predicted molar refractivity (Wildman–Crippen MR) is 179 cm³/mol. The normalized spacial score (nSPS) is 14.8. The maximum Gasteiger partial charge on any atom is 0.127 e. The van der Waals surface area contributed by atoms with Crippen molar-refractivity contribution in [3.05, 3.63) is 75.8 Å². The molecule has 4 atom stereocenters. The van der Waals surface area contributed by atoms with E-state index in [2.05, 4.69) is 67.5 Å². The molecule has 3 aromatic rings. The van der Waals surface area contributed by atoms with Crippen LogP contribution in [0.1, 0.15) is 138 Å². The van der Waals surface area contributed by atoms with E-state index in [1.807, 2.05) is 30.3 Å². The summed E-state index contributed by atoms with van der Waals surface area (Å²) in [6.07, 6.45) is 7.36. The third-order valence-corrected chi connectivity index (χ3v) is 8.90. The molecule has 4 unspecified atom stereocenters. The van der Waals surface area contributed by atoms with E-state index in [1.165, 1.54) is 11.1 Å². The van der Waals surface area contributed by atoms with Gasteiger partial charge in [0.1, 0.15) is 17.2 Å². The molecule has 0 spiro atoms. The minimum absolute atomic E-state index is 0.234. The van der Waals surface area contributed by atoms with Gasteiger partial charge >= 0.3 is 0 Å². The summed E-state index contributed by atoms with van der Waals surface area (Å²) in [4.78, 5) is 9.61. The first-order valence-corrected chi connectivity index (χ1v) is 15.6. The van der Waals surface area contributed by atoms with Crippen LogP contribution in [0.4, 0.5) is 11.4 Å². The van der Waals surface area contributed by atoms with Crippen LogP contribution in [0, 0.1) is 0 Å². The van der Waals surface area contributed by atoms with Crippen LogP contribution in [-0.4, -0.2) is 29.8 Å². The predicted octanol–water partition coefficient (Wildman–Crippen LogP) is 10.7. The Hall–Kier alpha value is -3.60. The Balaban J connectivity index is 2.11. The van der Waals surface area contributed by atoms with Gasteiger partial charge in [0.15, 0.2) is 0 Å². The van der Waals surface area contributed by atoms with Gasteiger partial charge in [-0.25, -0.2) is 0 Å². The number of phenolic OH excluding ortho intramolecular Hbond substituents is 2. The van der Waals surface area contributed by atoms with Crippen molar-refractivity contribution in [3.8, 4) is 17.2 Å². The van der Waals surface area contributed by atoms with E-state index in [0.717, 1.165) is 36.8 Å². The molecule has 0 aliphatic rings. The number of nitrogens with zero attached hydrogens (tertiary/aromatic N) is 2. The molecule has 0 fully saturated rings. The van der Waals surface area contributed by atoms with Crippen molar-refractivity contribution >= 4 is 23.8 Å². The van der Waals surface area contributed by atoms with Crippen LogP contribution in [0.3, 0.4) is 0 Å². The van der Waals surface area contributed by atoms with Crippen LogP contribution >= 0.6 is 0 Å². The highest BCUT2D eigenvalue weighted by Crippen LogP contribution is 2.38. The second kappa shape index (κ2) is 15.0. The van der Waals surface area contributed by atoms with Crippen molar-refractivity contribution in [2.75, 3.05) is 7.11 Å². The lowest BCUT2D eigenvalue weighted by Crippen LogP contribution is -2.01. The first-order valence-electron chi connectivity index (χ1n) is 15.6. The van der Waals surface area contributed by atoms with E-state index in [1.54, 1.807) is 19.5 Å². The minimum atomic E-state index is 0.234. The molecule has 0 bridgehead atoms. The molecular weight excluding hydrogens is 520 g/mol. The minimum Gasteiger partial charge on any atom is -0.507 e. The van der Waals surface area contributed by atoms with Gasteiger partial charge in [-0.15, -0.1) is 0 Å². The first-order chi connectivity index (χ1) is 20.1. The van der Waals surface area contributed by atoms with Gasteiger partial charge in [0, 0.05) is 29.6 Å². The van der Waals surface area contributed by atoms with Crippen LogP contribution in [0.5, 0.6) is 17.2 Å². The average molecular weight is 571 g/mol. The Kier molecular flexibility index (Phi) is 11.8. The number of methoxy groups -OCH3 is 1. The molecule has 3 aromatic carbocycles. The fourth-order valence-corrected chi connectivity index (χ4v) is 4.96. The van der Waals surface area contributed by atoms with Gasteiger partial charge in [0.25, 0.3) is 0 Å². The third kappa shape index (κ3) is 7.61. The maximum absolute atomic E-state index is 11.2. The SMILES string of the molecule is CCC(C)c1cc(C=Nc2ccc(OC)cc2N=Cc2cc(C(C)CC)cc(C(C)CC)c2O)c(O)c(C(C)CC)c1. The highest BCUT2D eigenvalue weighted by Gasteiger charge is 2.18. The van der Waals surface area contributed by atoms with Gasteiger partial charge in [-0.2, -0.15) is 0 Å². The van der Waals surface area contributed by atoms with Crippen molar-refractivity contribution in [1.82, 2.24) is 0 Å². The van der Waals surface area contributed by atoms with Gasteiger partial charge in [-0.3, -0.25) is 9.98 Å². The van der Waals surface area contributed by atoms with E-state index in [4.69, 9.17) is 14.7 Å².